The molecule has 2 aliphatic rings. The first-order valence-corrected chi connectivity index (χ1v) is 9.35. The van der Waals surface area contributed by atoms with E-state index in [1.165, 1.54) is 5.75 Å². The number of morpholine rings is 1. The van der Waals surface area contributed by atoms with Crippen LogP contribution < -0.4 is 11.1 Å². The van der Waals surface area contributed by atoms with Crippen molar-refractivity contribution in [1.29, 1.82) is 0 Å². The highest BCUT2D eigenvalue weighted by Gasteiger charge is 2.40. The first kappa shape index (κ1) is 22.4. The van der Waals surface area contributed by atoms with E-state index in [0.717, 1.165) is 56.3 Å². The third kappa shape index (κ3) is 5.93. The third-order valence-electron chi connectivity index (χ3n) is 4.72. The Balaban J connectivity index is 0.00000156. The van der Waals surface area contributed by atoms with Crippen molar-refractivity contribution in [2.45, 2.75) is 18.4 Å². The first-order chi connectivity index (χ1) is 11.2. The molecule has 0 radical (unpaired) electrons. The number of thioether (sulfide) groups is 1. The molecule has 1 unspecified atom stereocenters. The van der Waals surface area contributed by atoms with E-state index in [0.29, 0.717) is 6.42 Å². The normalized spacial score (nSPS) is 23.4. The molecule has 0 saturated carbocycles. The van der Waals surface area contributed by atoms with Gasteiger partial charge in [-0.15, -0.1) is 24.8 Å². The molecule has 2 saturated heterocycles. The van der Waals surface area contributed by atoms with Crippen molar-refractivity contribution in [3.05, 3.63) is 29.8 Å². The topological polar surface area (TPSA) is 67.6 Å². The van der Waals surface area contributed by atoms with Crippen LogP contribution in [0.3, 0.4) is 0 Å². The van der Waals surface area contributed by atoms with Gasteiger partial charge < -0.3 is 15.8 Å². The summed E-state index contributed by atoms with van der Waals surface area (Å²) in [6, 6.07) is 7.51. The number of nitrogens with zero attached hydrogens (tertiary/aromatic N) is 1. The van der Waals surface area contributed by atoms with Gasteiger partial charge in [0.25, 0.3) is 0 Å². The van der Waals surface area contributed by atoms with Gasteiger partial charge in [-0.3, -0.25) is 9.69 Å². The van der Waals surface area contributed by atoms with E-state index >= 15 is 0 Å². The predicted molar refractivity (Wildman–Crippen MR) is 109 cm³/mol. The van der Waals surface area contributed by atoms with Gasteiger partial charge in [0.2, 0.25) is 5.91 Å². The molecule has 5 nitrogen and oxygen atoms in total. The molecule has 142 valence electrons. The van der Waals surface area contributed by atoms with Crippen LogP contribution in [0.5, 0.6) is 0 Å². The number of nitrogens with one attached hydrogen (secondary N) is 1. The molecule has 1 amide bonds. The molecule has 2 heterocycles. The second-order valence-corrected chi connectivity index (χ2v) is 7.43. The molecule has 1 atom stereocenters. The predicted octanol–water partition coefficient (Wildman–Crippen LogP) is 1.98. The summed E-state index contributed by atoms with van der Waals surface area (Å²) < 4.78 is 5.47. The Morgan fingerprint density at radius 3 is 2.52 bits per heavy atom. The monoisotopic (exact) mass is 407 g/mol. The number of amides is 1. The minimum absolute atomic E-state index is 0. The standard InChI is InChI=1S/C17H25N3O2S.2ClH/c18-15-3-1-14(2-4-15)11-16(21)19-12-17(5-10-23-13-17)20-6-8-22-9-7-20;;/h1-4H,5-13,18H2,(H,19,21);2*1H. The molecule has 1 aromatic rings. The number of rotatable bonds is 5. The number of hydrogen-bond donors (Lipinski definition) is 2. The van der Waals surface area contributed by atoms with Crippen molar-refractivity contribution >= 4 is 48.2 Å². The summed E-state index contributed by atoms with van der Waals surface area (Å²) in [7, 11) is 0. The summed E-state index contributed by atoms with van der Waals surface area (Å²) in [6.07, 6.45) is 1.55. The van der Waals surface area contributed by atoms with Crippen LogP contribution in [0.4, 0.5) is 5.69 Å². The average molecular weight is 408 g/mol. The molecule has 0 bridgehead atoms. The zero-order valence-electron chi connectivity index (χ0n) is 14.2. The Bertz CT molecular complexity index is 533. The smallest absolute Gasteiger partial charge is 0.224 e. The lowest BCUT2D eigenvalue weighted by Gasteiger charge is -2.43. The van der Waals surface area contributed by atoms with E-state index < -0.39 is 0 Å². The van der Waals surface area contributed by atoms with Gasteiger partial charge in [-0.05, 0) is 29.9 Å². The third-order valence-corrected chi connectivity index (χ3v) is 5.96. The second-order valence-electron chi connectivity index (χ2n) is 6.32. The summed E-state index contributed by atoms with van der Waals surface area (Å²) in [5, 5.41) is 3.16. The molecule has 3 rings (SSSR count). The molecule has 2 aliphatic heterocycles. The fourth-order valence-corrected chi connectivity index (χ4v) is 4.76. The Labute approximate surface area is 166 Å². The number of carbonyl (C=O) groups excluding carboxylic acids is 1. The van der Waals surface area contributed by atoms with Crippen molar-refractivity contribution in [1.82, 2.24) is 10.2 Å². The molecular formula is C17H27Cl2N3O2S. The van der Waals surface area contributed by atoms with Crippen molar-refractivity contribution in [2.75, 3.05) is 50.1 Å². The quantitative estimate of drug-likeness (QED) is 0.730. The van der Waals surface area contributed by atoms with Gasteiger partial charge in [-0.25, -0.2) is 0 Å². The molecule has 25 heavy (non-hydrogen) atoms. The highest BCUT2D eigenvalue weighted by molar-refractivity contribution is 7.99. The summed E-state index contributed by atoms with van der Waals surface area (Å²) in [5.41, 5.74) is 7.51. The maximum Gasteiger partial charge on any atom is 0.224 e. The number of nitrogens with two attached hydrogens (primary N) is 1. The van der Waals surface area contributed by atoms with Gasteiger partial charge in [-0.1, -0.05) is 12.1 Å². The van der Waals surface area contributed by atoms with Crippen LogP contribution in [0, 0.1) is 0 Å². The van der Waals surface area contributed by atoms with Gasteiger partial charge in [-0.2, -0.15) is 11.8 Å². The van der Waals surface area contributed by atoms with Gasteiger partial charge in [0.1, 0.15) is 0 Å². The largest absolute Gasteiger partial charge is 0.399 e. The first-order valence-electron chi connectivity index (χ1n) is 8.20. The van der Waals surface area contributed by atoms with Crippen LogP contribution in [0.2, 0.25) is 0 Å². The number of benzene rings is 1. The Morgan fingerprint density at radius 1 is 1.24 bits per heavy atom. The number of carbonyl (C=O) groups is 1. The van der Waals surface area contributed by atoms with Gasteiger partial charge in [0.15, 0.2) is 0 Å². The molecule has 0 aliphatic carbocycles. The molecule has 3 N–H and O–H groups in total. The average Bonchev–Trinajstić information content (AvgIpc) is 3.06. The summed E-state index contributed by atoms with van der Waals surface area (Å²) in [6.45, 7) is 4.26. The van der Waals surface area contributed by atoms with Crippen molar-refractivity contribution < 1.29 is 9.53 Å². The van der Waals surface area contributed by atoms with Gasteiger partial charge >= 0.3 is 0 Å². The molecule has 0 aromatic heterocycles. The van der Waals surface area contributed by atoms with E-state index in [2.05, 4.69) is 10.2 Å². The summed E-state index contributed by atoms with van der Waals surface area (Å²) >= 11 is 1.98. The zero-order chi connectivity index (χ0) is 16.1. The lowest BCUT2D eigenvalue weighted by atomic mass is 9.95. The Kier molecular flexibility index (Phi) is 9.38. The maximum atomic E-state index is 12.3. The number of anilines is 1. The SMILES string of the molecule is Cl.Cl.Nc1ccc(CC(=O)NCC2(N3CCOCC3)CCSC2)cc1. The summed E-state index contributed by atoms with van der Waals surface area (Å²) in [4.78, 5) is 14.8. The van der Waals surface area contributed by atoms with Crippen LogP contribution >= 0.6 is 36.6 Å². The van der Waals surface area contributed by atoms with Gasteiger partial charge in [0.05, 0.1) is 19.6 Å². The molecule has 1 aromatic carbocycles. The fraction of sp³-hybridized carbons (Fsp3) is 0.588. The van der Waals surface area contributed by atoms with Crippen LogP contribution in [0.1, 0.15) is 12.0 Å². The minimum Gasteiger partial charge on any atom is -0.399 e. The molecule has 0 spiro atoms. The molecule has 2 fully saturated rings. The fourth-order valence-electron chi connectivity index (χ4n) is 3.28. The zero-order valence-corrected chi connectivity index (χ0v) is 16.7. The summed E-state index contributed by atoms with van der Waals surface area (Å²) in [5.74, 6) is 2.35. The number of halogens is 2. The van der Waals surface area contributed by atoms with Crippen molar-refractivity contribution in [3.8, 4) is 0 Å². The Hall–Kier alpha value is -0.660. The second kappa shape index (κ2) is 10.5. The minimum atomic E-state index is 0. The van der Waals surface area contributed by atoms with E-state index in [-0.39, 0.29) is 36.3 Å². The molecular weight excluding hydrogens is 381 g/mol. The van der Waals surface area contributed by atoms with Crippen molar-refractivity contribution in [2.24, 2.45) is 0 Å². The van der Waals surface area contributed by atoms with E-state index in [1.54, 1.807) is 0 Å². The molecule has 8 heteroatoms. The lowest BCUT2D eigenvalue weighted by Crippen LogP contribution is -2.59. The van der Waals surface area contributed by atoms with Crippen LogP contribution in [-0.2, 0) is 16.0 Å². The highest BCUT2D eigenvalue weighted by Crippen LogP contribution is 2.33. The highest BCUT2D eigenvalue weighted by atomic mass is 35.5. The van der Waals surface area contributed by atoms with E-state index in [9.17, 15) is 4.79 Å². The van der Waals surface area contributed by atoms with E-state index in [4.69, 9.17) is 10.5 Å². The number of nitrogen functional groups attached to an aromatic ring is 1. The number of ether oxygens (including phenoxy) is 1. The van der Waals surface area contributed by atoms with Crippen LogP contribution in [0.15, 0.2) is 24.3 Å². The number of hydrogen-bond acceptors (Lipinski definition) is 5. The lowest BCUT2D eigenvalue weighted by molar-refractivity contribution is -0.121. The Morgan fingerprint density at radius 2 is 1.92 bits per heavy atom. The van der Waals surface area contributed by atoms with Crippen molar-refractivity contribution in [3.63, 3.8) is 0 Å². The van der Waals surface area contributed by atoms with Gasteiger partial charge in [0, 0.05) is 36.6 Å². The maximum absolute atomic E-state index is 12.3. The van der Waals surface area contributed by atoms with Crippen LogP contribution in [0.25, 0.3) is 0 Å². The van der Waals surface area contributed by atoms with E-state index in [1.807, 2.05) is 36.0 Å². The van der Waals surface area contributed by atoms with Crippen LogP contribution in [-0.4, -0.2) is 60.7 Å².